The Morgan fingerprint density at radius 3 is 2.93 bits per heavy atom. The molecule has 5 fully saturated rings. The van der Waals surface area contributed by atoms with E-state index >= 15 is 0 Å². The van der Waals surface area contributed by atoms with Gasteiger partial charge in [0, 0.05) is 30.8 Å². The minimum Gasteiger partial charge on any atom is -0.388 e. The molecule has 4 heterocycles. The first-order valence-corrected chi connectivity index (χ1v) is 10.5. The van der Waals surface area contributed by atoms with Crippen LogP contribution < -0.4 is 0 Å². The number of aliphatic hydroxyl groups excluding tert-OH is 1. The predicted molar refractivity (Wildman–Crippen MR) is 95.2 cm³/mol. The summed E-state index contributed by atoms with van der Waals surface area (Å²) in [5.74, 6) is 0.131. The van der Waals surface area contributed by atoms with Crippen LogP contribution in [0.2, 0.25) is 0 Å². The topological polar surface area (TPSA) is 74.2 Å². The number of ketones is 1. The fourth-order valence-electron chi connectivity index (χ4n) is 6.19. The zero-order chi connectivity index (χ0) is 18.8. The molecule has 1 N–H and O–H groups in total. The number of Topliss-reactive ketones (excluding diaryl/α,β-unsaturated/α-hetero) is 1. The lowest BCUT2D eigenvalue weighted by Crippen LogP contribution is -2.69. The molecule has 0 amide bonds. The van der Waals surface area contributed by atoms with Gasteiger partial charge in [-0.3, -0.25) is 4.79 Å². The van der Waals surface area contributed by atoms with Crippen molar-refractivity contribution in [3.05, 3.63) is 11.6 Å². The van der Waals surface area contributed by atoms with Crippen LogP contribution >= 0.6 is 0 Å². The summed E-state index contributed by atoms with van der Waals surface area (Å²) in [4.78, 5) is 23.9. The molecular weight excluding hydrogens is 348 g/mol. The second kappa shape index (κ2) is 6.36. The first kappa shape index (κ1) is 18.3. The second-order valence-electron chi connectivity index (χ2n) is 9.28. The number of hydrogen-bond acceptors (Lipinski definition) is 6. The van der Waals surface area contributed by atoms with Crippen molar-refractivity contribution in [2.75, 3.05) is 0 Å². The van der Waals surface area contributed by atoms with Gasteiger partial charge >= 0.3 is 0 Å². The highest BCUT2D eigenvalue weighted by molar-refractivity contribution is 5.98. The molecule has 150 valence electrons. The van der Waals surface area contributed by atoms with E-state index in [1.807, 2.05) is 13.0 Å². The van der Waals surface area contributed by atoms with E-state index in [9.17, 15) is 9.90 Å². The van der Waals surface area contributed by atoms with Gasteiger partial charge in [-0.05, 0) is 44.4 Å². The van der Waals surface area contributed by atoms with E-state index in [1.54, 1.807) is 0 Å². The van der Waals surface area contributed by atoms with E-state index in [4.69, 9.17) is 19.2 Å². The van der Waals surface area contributed by atoms with Gasteiger partial charge in [-0.25, -0.2) is 9.78 Å². The lowest BCUT2D eigenvalue weighted by molar-refractivity contribution is -0.569. The van der Waals surface area contributed by atoms with Crippen LogP contribution in [-0.2, 0) is 24.0 Å². The predicted octanol–water partition coefficient (Wildman–Crippen LogP) is 3.03. The normalized spacial score (nSPS) is 50.1. The fraction of sp³-hybridized carbons (Fsp3) is 0.857. The van der Waals surface area contributed by atoms with E-state index in [0.29, 0.717) is 24.3 Å². The molecule has 2 bridgehead atoms. The molecule has 8 atom stereocenters. The Hall–Kier alpha value is -0.790. The Labute approximate surface area is 160 Å². The van der Waals surface area contributed by atoms with E-state index in [1.165, 1.54) is 6.42 Å². The van der Waals surface area contributed by atoms with E-state index in [2.05, 4.69) is 6.92 Å². The number of allylic oxidation sites excluding steroid dienone is 1. The van der Waals surface area contributed by atoms with Crippen LogP contribution in [0.1, 0.15) is 65.2 Å². The minimum absolute atomic E-state index is 0.0641. The van der Waals surface area contributed by atoms with Gasteiger partial charge in [0.05, 0.1) is 12.2 Å². The Balaban J connectivity index is 1.42. The monoisotopic (exact) mass is 378 g/mol. The minimum atomic E-state index is -0.772. The molecule has 1 saturated carbocycles. The highest BCUT2D eigenvalue weighted by atomic mass is 17.3. The number of carbonyl (C=O) groups is 1. The Morgan fingerprint density at radius 2 is 2.15 bits per heavy atom. The summed E-state index contributed by atoms with van der Waals surface area (Å²) in [6.07, 6.45) is 7.29. The largest absolute Gasteiger partial charge is 0.388 e. The van der Waals surface area contributed by atoms with Gasteiger partial charge in [0.2, 0.25) is 5.79 Å². The molecule has 6 rings (SSSR count). The molecule has 1 unspecified atom stereocenters. The molecule has 0 aromatic heterocycles. The molecule has 27 heavy (non-hydrogen) atoms. The van der Waals surface area contributed by atoms with Crippen molar-refractivity contribution in [1.82, 2.24) is 0 Å². The third-order valence-corrected chi connectivity index (χ3v) is 7.71. The number of carbonyl (C=O) groups excluding carboxylic acids is 1. The summed E-state index contributed by atoms with van der Waals surface area (Å²) in [5, 5.41) is 10.7. The van der Waals surface area contributed by atoms with E-state index in [-0.39, 0.29) is 23.7 Å². The molecule has 6 nitrogen and oxygen atoms in total. The van der Waals surface area contributed by atoms with Crippen LogP contribution in [0.5, 0.6) is 0 Å². The SMILES string of the molecule is C[C@H]1[C@@H](C[C@@H](O)C2=CCCC2=O)O[C@@H]2OC3(C)CC[C@H]4CCC[C@@H]1[C@]42OO3. The quantitative estimate of drug-likeness (QED) is 0.761. The van der Waals surface area contributed by atoms with Crippen LogP contribution in [0, 0.1) is 17.8 Å². The smallest absolute Gasteiger partial charge is 0.201 e. The number of rotatable bonds is 3. The lowest BCUT2D eigenvalue weighted by Gasteiger charge is -2.59. The van der Waals surface area contributed by atoms with Crippen molar-refractivity contribution in [3.63, 3.8) is 0 Å². The van der Waals surface area contributed by atoms with Gasteiger partial charge < -0.3 is 14.6 Å². The zero-order valence-electron chi connectivity index (χ0n) is 16.2. The van der Waals surface area contributed by atoms with E-state index < -0.39 is 23.8 Å². The van der Waals surface area contributed by atoms with Gasteiger partial charge in [-0.15, -0.1) is 0 Å². The Kier molecular flexibility index (Phi) is 4.30. The Morgan fingerprint density at radius 1 is 1.30 bits per heavy atom. The number of hydrogen-bond donors (Lipinski definition) is 1. The molecule has 0 aromatic rings. The van der Waals surface area contributed by atoms with Crippen LogP contribution in [0.25, 0.3) is 0 Å². The summed E-state index contributed by atoms with van der Waals surface area (Å²) >= 11 is 0. The first-order valence-electron chi connectivity index (χ1n) is 10.5. The number of ether oxygens (including phenoxy) is 2. The average Bonchev–Trinajstić information content (AvgIpc) is 2.96. The molecule has 4 saturated heterocycles. The van der Waals surface area contributed by atoms with Crippen LogP contribution in [0.4, 0.5) is 0 Å². The van der Waals surface area contributed by atoms with Gasteiger partial charge in [0.1, 0.15) is 0 Å². The maximum atomic E-state index is 12.0. The van der Waals surface area contributed by atoms with Crippen LogP contribution in [-0.4, -0.2) is 40.8 Å². The number of fused-ring (bicyclic) bond motifs is 2. The lowest BCUT2D eigenvalue weighted by atomic mass is 9.60. The third kappa shape index (κ3) is 2.68. The third-order valence-electron chi connectivity index (χ3n) is 7.71. The summed E-state index contributed by atoms with van der Waals surface area (Å²) < 4.78 is 12.8. The fourth-order valence-corrected chi connectivity index (χ4v) is 6.19. The maximum Gasteiger partial charge on any atom is 0.201 e. The molecular formula is C21H30O6. The van der Waals surface area contributed by atoms with Crippen molar-refractivity contribution in [1.29, 1.82) is 0 Å². The van der Waals surface area contributed by atoms with E-state index in [0.717, 1.165) is 32.1 Å². The van der Waals surface area contributed by atoms with Crippen molar-refractivity contribution < 1.29 is 29.1 Å². The van der Waals surface area contributed by atoms with Crippen LogP contribution in [0.3, 0.4) is 0 Å². The molecule has 0 aromatic carbocycles. The van der Waals surface area contributed by atoms with Crippen molar-refractivity contribution in [2.45, 2.75) is 95.1 Å². The standard InChI is InChI=1S/C21H30O6/c1-12-15-7-3-5-13-9-10-20(2)25-19(21(13,15)27-26-20)24-18(12)11-17(23)14-6-4-8-16(14)22/h6,12-13,15,17-19,23H,3-5,7-11H2,1-2H3/t12-,13-,15+,17-,18-,19-,20?,21-/m1/s1. The summed E-state index contributed by atoms with van der Waals surface area (Å²) in [6.45, 7) is 4.10. The van der Waals surface area contributed by atoms with Crippen LogP contribution in [0.15, 0.2) is 11.6 Å². The van der Waals surface area contributed by atoms with Crippen molar-refractivity contribution in [3.8, 4) is 0 Å². The number of aliphatic hydroxyl groups is 1. The Bertz CT molecular complexity index is 661. The highest BCUT2D eigenvalue weighted by Crippen LogP contribution is 2.59. The first-order chi connectivity index (χ1) is 12.9. The molecule has 0 radical (unpaired) electrons. The second-order valence-corrected chi connectivity index (χ2v) is 9.28. The van der Waals surface area contributed by atoms with Gasteiger partial charge in [0.25, 0.3) is 0 Å². The van der Waals surface area contributed by atoms with Crippen molar-refractivity contribution >= 4 is 5.78 Å². The molecule has 4 aliphatic heterocycles. The molecule has 6 heteroatoms. The summed E-state index contributed by atoms with van der Waals surface area (Å²) in [5.41, 5.74) is 0.0138. The molecule has 2 aliphatic carbocycles. The molecule has 1 spiro atoms. The summed E-state index contributed by atoms with van der Waals surface area (Å²) in [7, 11) is 0. The summed E-state index contributed by atoms with van der Waals surface area (Å²) in [6, 6.07) is 0. The van der Waals surface area contributed by atoms with Crippen molar-refractivity contribution in [2.24, 2.45) is 17.8 Å². The molecule has 6 aliphatic rings. The highest BCUT2D eigenvalue weighted by Gasteiger charge is 2.68. The zero-order valence-corrected chi connectivity index (χ0v) is 16.2. The van der Waals surface area contributed by atoms with Gasteiger partial charge in [0.15, 0.2) is 17.7 Å². The maximum absolute atomic E-state index is 12.0. The average molecular weight is 378 g/mol. The van der Waals surface area contributed by atoms with Gasteiger partial charge in [-0.2, -0.15) is 0 Å². The van der Waals surface area contributed by atoms with Gasteiger partial charge in [-0.1, -0.05) is 19.4 Å².